The second-order valence-electron chi connectivity index (χ2n) is 16.3. The maximum atomic E-state index is 11.7. The number of halogens is 3. The van der Waals surface area contributed by atoms with Crippen LogP contribution in [0.25, 0.3) is 33.1 Å². The third kappa shape index (κ3) is 17.3. The zero-order chi connectivity index (χ0) is 49.9. The lowest BCUT2D eigenvalue weighted by molar-refractivity contribution is -0.384. The molecule has 362 valence electrons. The molecular weight excluding hydrogens is 945 g/mol. The quantitative estimate of drug-likeness (QED) is 0.0213. The van der Waals surface area contributed by atoms with E-state index < -0.39 is 14.8 Å². The number of hydrogen-bond acceptors (Lipinski definition) is 18. The largest absolute Gasteiger partial charge is 0.367 e. The summed E-state index contributed by atoms with van der Waals surface area (Å²) in [4.78, 5) is 79.1. The van der Waals surface area contributed by atoms with E-state index in [4.69, 9.17) is 40.6 Å². The van der Waals surface area contributed by atoms with Gasteiger partial charge in [0.05, 0.1) is 47.9 Å². The Bertz CT molecular complexity index is 2750. The molecule has 0 aliphatic carbocycles. The van der Waals surface area contributed by atoms with Gasteiger partial charge >= 0.3 is 0 Å². The van der Waals surface area contributed by atoms with E-state index >= 15 is 0 Å². The molecule has 6 rings (SSSR count). The van der Waals surface area contributed by atoms with Crippen molar-refractivity contribution in [1.82, 2.24) is 29.9 Å². The molecule has 6 aromatic rings. The number of anilines is 3. The molecule has 0 aliphatic heterocycles. The highest BCUT2D eigenvalue weighted by Crippen LogP contribution is 2.27. The number of hydrogen-bond donors (Lipinski definition) is 4. The van der Waals surface area contributed by atoms with Crippen molar-refractivity contribution in [1.29, 1.82) is 0 Å². The zero-order valence-electron chi connectivity index (χ0n) is 37.8. The summed E-state index contributed by atoms with van der Waals surface area (Å²) >= 11 is 17.4. The lowest BCUT2D eigenvalue weighted by Gasteiger charge is -2.11. The van der Waals surface area contributed by atoms with Crippen molar-refractivity contribution >= 4 is 114 Å². The van der Waals surface area contributed by atoms with Crippen LogP contribution >= 0.6 is 34.8 Å². The molecule has 0 radical (unpaired) electrons. The Morgan fingerprint density at radius 1 is 0.515 bits per heavy atom. The lowest BCUT2D eigenvalue weighted by atomic mass is 10.0. The third-order valence-electron chi connectivity index (χ3n) is 9.71. The monoisotopic (exact) mass is 995 g/mol. The summed E-state index contributed by atoms with van der Waals surface area (Å²) in [5, 5.41) is 38.8. The first-order valence-electron chi connectivity index (χ1n) is 21.7. The number of rotatable bonds is 22. The number of nitrogens with two attached hydrogens (primary N) is 1. The number of nitro benzene ring substituents is 3. The fourth-order valence-corrected chi connectivity index (χ4v) is 6.98. The minimum absolute atomic E-state index is 0.0321. The molecular formula is C44H52Cl3N13O8. The van der Waals surface area contributed by atoms with Crippen LogP contribution in [-0.4, -0.2) is 69.3 Å². The number of nitrogen functional groups attached to an aromatic ring is 1. The maximum Gasteiger partial charge on any atom is 0.271 e. The van der Waals surface area contributed by atoms with Crippen molar-refractivity contribution in [3.8, 4) is 0 Å². The predicted octanol–water partition coefficient (Wildman–Crippen LogP) is 11.0. The lowest BCUT2D eigenvalue weighted by Crippen LogP contribution is -2.14. The number of carbonyl (C=O) groups is 2. The van der Waals surface area contributed by atoms with Crippen molar-refractivity contribution in [2.24, 2.45) is 17.7 Å². The number of nitrogens with zero attached hydrogens (tertiary/aromatic N) is 9. The van der Waals surface area contributed by atoms with Gasteiger partial charge in [0, 0.05) is 75.2 Å². The maximum absolute atomic E-state index is 11.7. The molecule has 0 spiro atoms. The first-order valence-corrected chi connectivity index (χ1v) is 22.8. The number of Topliss-reactive ketones (excluding diaryl/α,β-unsaturated/α-hetero) is 2. The number of unbranched alkanes of at least 4 members (excludes halogenated alkanes) is 4. The van der Waals surface area contributed by atoms with Gasteiger partial charge in [0.1, 0.15) is 11.6 Å². The average Bonchev–Trinajstić information content (AvgIpc) is 3.28. The summed E-state index contributed by atoms with van der Waals surface area (Å²) in [6, 6.07) is 12.7. The molecule has 0 atom stereocenters. The van der Waals surface area contributed by atoms with Gasteiger partial charge in [-0.05, 0) is 55.7 Å². The van der Waals surface area contributed by atoms with Crippen LogP contribution in [0.2, 0.25) is 15.5 Å². The van der Waals surface area contributed by atoms with Gasteiger partial charge in [-0.3, -0.25) is 39.9 Å². The summed E-state index contributed by atoms with van der Waals surface area (Å²) in [6.45, 7) is 9.54. The van der Waals surface area contributed by atoms with Gasteiger partial charge in [0.2, 0.25) is 0 Å². The highest BCUT2D eigenvalue weighted by atomic mass is 35.5. The van der Waals surface area contributed by atoms with Gasteiger partial charge in [0.25, 0.3) is 17.1 Å². The summed E-state index contributed by atoms with van der Waals surface area (Å²) < 4.78 is 0. The molecule has 3 heterocycles. The number of benzene rings is 3. The third-order valence-corrected chi connectivity index (χ3v) is 10.6. The summed E-state index contributed by atoms with van der Waals surface area (Å²) in [5.74, 6) is 8.26. The summed E-state index contributed by atoms with van der Waals surface area (Å²) in [7, 11) is 0. The second-order valence-corrected chi connectivity index (χ2v) is 17.3. The van der Waals surface area contributed by atoms with E-state index in [1.54, 1.807) is 12.1 Å². The van der Waals surface area contributed by atoms with Crippen molar-refractivity contribution in [3.63, 3.8) is 0 Å². The number of aromatic nitrogens is 6. The Morgan fingerprint density at radius 3 is 1.28 bits per heavy atom. The standard InChI is InChI=1S/C18H23ClN4O3.C18H26N6O3.C8H3Cl2N3O2/c1-12(2)10-14(24)6-4-3-5-9-20-18-17(19)21-16-11-13(23(25)26)7-8-15(16)22-18;1-12(2)10-14(25)6-4-3-5-9-20-17-18(23-19)22-16-11-13(24(26)27)7-8-15(16)21-17;9-7-8(10)12-6-3-4(13(14)15)1-2-5(6)11-7/h7-8,11-12H,3-6,9-10H2,1-2H3,(H,20,22);7-8,11-12H,3-6,9-10,19H2,1-2H3,(H,20,21)(H,22,23);1-3H. The van der Waals surface area contributed by atoms with Crippen LogP contribution < -0.4 is 21.9 Å². The van der Waals surface area contributed by atoms with Crippen molar-refractivity contribution < 1.29 is 24.4 Å². The van der Waals surface area contributed by atoms with Gasteiger partial charge in [-0.1, -0.05) is 75.3 Å². The minimum atomic E-state index is -0.510. The topological polar surface area (TPSA) is 303 Å². The Morgan fingerprint density at radius 2 is 0.868 bits per heavy atom. The Kier molecular flexibility index (Phi) is 21.2. The van der Waals surface area contributed by atoms with Crippen molar-refractivity contribution in [2.45, 2.75) is 91.9 Å². The molecule has 3 aromatic heterocycles. The van der Waals surface area contributed by atoms with Crippen LogP contribution in [0.3, 0.4) is 0 Å². The highest BCUT2D eigenvalue weighted by Gasteiger charge is 2.15. The van der Waals surface area contributed by atoms with Gasteiger partial charge < -0.3 is 16.1 Å². The van der Waals surface area contributed by atoms with Crippen LogP contribution in [0.4, 0.5) is 34.5 Å². The average molecular weight is 997 g/mol. The van der Waals surface area contributed by atoms with E-state index in [9.17, 15) is 39.9 Å². The molecule has 3 aromatic carbocycles. The van der Waals surface area contributed by atoms with Gasteiger partial charge in [-0.2, -0.15) is 0 Å². The van der Waals surface area contributed by atoms with Crippen LogP contribution in [-0.2, 0) is 9.59 Å². The fraction of sp³-hybridized carbons (Fsp3) is 0.409. The van der Waals surface area contributed by atoms with Crippen LogP contribution in [0.1, 0.15) is 91.9 Å². The number of nitro groups is 3. The number of carbonyl (C=O) groups excluding carboxylic acids is 2. The number of nitrogens with one attached hydrogen (secondary N) is 3. The Labute approximate surface area is 405 Å². The van der Waals surface area contributed by atoms with Gasteiger partial charge in [0.15, 0.2) is 32.9 Å². The molecule has 0 saturated carbocycles. The minimum Gasteiger partial charge on any atom is -0.367 e. The summed E-state index contributed by atoms with van der Waals surface area (Å²) in [6.07, 6.45) is 7.99. The fourth-order valence-electron chi connectivity index (χ4n) is 6.52. The van der Waals surface area contributed by atoms with Crippen molar-refractivity contribution in [2.75, 3.05) is 29.1 Å². The molecule has 0 aliphatic rings. The van der Waals surface area contributed by atoms with Gasteiger partial charge in [-0.15, -0.1) is 0 Å². The molecule has 0 saturated heterocycles. The highest BCUT2D eigenvalue weighted by molar-refractivity contribution is 6.40. The number of fused-ring (bicyclic) bond motifs is 3. The van der Waals surface area contributed by atoms with E-state index in [1.807, 2.05) is 27.7 Å². The summed E-state index contributed by atoms with van der Waals surface area (Å²) in [5.41, 5.74) is 5.00. The molecule has 5 N–H and O–H groups in total. The molecule has 24 heteroatoms. The van der Waals surface area contributed by atoms with E-state index in [0.717, 1.165) is 38.5 Å². The normalized spacial score (nSPS) is 10.9. The van der Waals surface area contributed by atoms with Crippen LogP contribution in [0, 0.1) is 42.2 Å². The van der Waals surface area contributed by atoms with E-state index in [-0.39, 0.29) is 32.5 Å². The van der Waals surface area contributed by atoms with E-state index in [1.165, 1.54) is 42.5 Å². The first-order chi connectivity index (χ1) is 32.3. The number of non-ortho nitro benzene ring substituents is 3. The van der Waals surface area contributed by atoms with Crippen LogP contribution in [0.5, 0.6) is 0 Å². The number of ketones is 2. The SMILES string of the molecule is CC(C)CC(=O)CCCCCNc1nc2ccc([N+](=O)[O-])cc2nc1Cl.CC(C)CC(=O)CCCCCNc1nc2ccc([N+](=O)[O-])cc2nc1NN.O=[N+]([O-])c1ccc2nc(Cl)c(Cl)nc2c1. The zero-order valence-corrected chi connectivity index (χ0v) is 40.1. The Balaban J connectivity index is 0.000000231. The molecule has 0 fully saturated rings. The first kappa shape index (κ1) is 54.1. The van der Waals surface area contributed by atoms with Crippen molar-refractivity contribution in [3.05, 3.63) is 100 Å². The number of hydrazine groups is 1. The smallest absolute Gasteiger partial charge is 0.271 e. The predicted molar refractivity (Wildman–Crippen MR) is 264 cm³/mol. The Hall–Kier alpha value is -6.55. The molecule has 68 heavy (non-hydrogen) atoms. The molecule has 0 bridgehead atoms. The van der Waals surface area contributed by atoms with Crippen LogP contribution in [0.15, 0.2) is 54.6 Å². The molecule has 21 nitrogen and oxygen atoms in total. The van der Waals surface area contributed by atoms with E-state index in [2.05, 4.69) is 46.0 Å². The van der Waals surface area contributed by atoms with E-state index in [0.29, 0.717) is 113 Å². The van der Waals surface area contributed by atoms with Gasteiger partial charge in [-0.25, -0.2) is 35.7 Å². The molecule has 0 unspecified atom stereocenters. The second kappa shape index (κ2) is 26.7. The molecule has 0 amide bonds.